The number of hydrogen-bond donors (Lipinski definition) is 4. The summed E-state index contributed by atoms with van der Waals surface area (Å²) in [4.78, 5) is 10.2. The standard InChI is InChI=1S/C26H26FN5O3/c1-2-14-8-18(34)3-4-19(14)20-5-6-21-24(23(20)27)30-31-25(21)26-28-9-22(29-26)15-7-16(11-33)32(10-15)17-12-35-13-17/h3-9,16-17,33-34H,2,10-13H2,1H3,(H,28,29)(H,30,31)/t16-/m1/s1. The molecule has 1 saturated heterocycles. The quantitative estimate of drug-likeness (QED) is 0.340. The lowest BCUT2D eigenvalue weighted by Gasteiger charge is -2.37. The van der Waals surface area contributed by atoms with Crippen LogP contribution in [0, 0.1) is 5.82 Å². The summed E-state index contributed by atoms with van der Waals surface area (Å²) in [6, 6.07) is 8.83. The van der Waals surface area contributed by atoms with Gasteiger partial charge in [-0.3, -0.25) is 10.00 Å². The first-order chi connectivity index (χ1) is 17.1. The highest BCUT2D eigenvalue weighted by molar-refractivity contribution is 5.95. The Morgan fingerprint density at radius 2 is 2.03 bits per heavy atom. The van der Waals surface area contributed by atoms with Crippen molar-refractivity contribution in [2.24, 2.45) is 0 Å². The van der Waals surface area contributed by atoms with Gasteiger partial charge in [0.2, 0.25) is 0 Å². The van der Waals surface area contributed by atoms with Gasteiger partial charge in [0.1, 0.15) is 17.0 Å². The number of halogens is 1. The zero-order chi connectivity index (χ0) is 24.1. The van der Waals surface area contributed by atoms with Gasteiger partial charge in [0.15, 0.2) is 11.6 Å². The van der Waals surface area contributed by atoms with Crippen molar-refractivity contribution in [3.63, 3.8) is 0 Å². The van der Waals surface area contributed by atoms with Crippen molar-refractivity contribution in [2.45, 2.75) is 25.4 Å². The Morgan fingerprint density at radius 1 is 1.20 bits per heavy atom. The van der Waals surface area contributed by atoms with Gasteiger partial charge in [-0.25, -0.2) is 9.37 Å². The third-order valence-electron chi connectivity index (χ3n) is 7.02. The van der Waals surface area contributed by atoms with Crippen molar-refractivity contribution in [3.8, 4) is 28.4 Å². The topological polar surface area (TPSA) is 110 Å². The normalized spacial score (nSPS) is 18.8. The van der Waals surface area contributed by atoms with E-state index in [1.165, 1.54) is 0 Å². The van der Waals surface area contributed by atoms with Crippen LogP contribution in [0.5, 0.6) is 5.75 Å². The van der Waals surface area contributed by atoms with Crippen molar-refractivity contribution >= 4 is 16.5 Å². The van der Waals surface area contributed by atoms with Gasteiger partial charge in [0, 0.05) is 23.7 Å². The molecule has 0 saturated carbocycles. The number of aryl methyl sites for hydroxylation is 1. The molecule has 0 bridgehead atoms. The lowest BCUT2D eigenvalue weighted by Crippen LogP contribution is -2.52. The van der Waals surface area contributed by atoms with E-state index < -0.39 is 5.82 Å². The number of ether oxygens (including phenoxy) is 1. The van der Waals surface area contributed by atoms with Crippen molar-refractivity contribution in [3.05, 3.63) is 59.7 Å². The molecule has 0 amide bonds. The third kappa shape index (κ3) is 3.63. The second-order valence-electron chi connectivity index (χ2n) is 9.06. The fourth-order valence-corrected chi connectivity index (χ4v) is 5.02. The summed E-state index contributed by atoms with van der Waals surface area (Å²) in [5.41, 5.74) is 4.73. The zero-order valence-corrected chi connectivity index (χ0v) is 19.3. The number of rotatable bonds is 6. The number of nitrogens with one attached hydrogen (secondary N) is 2. The van der Waals surface area contributed by atoms with Crippen LogP contribution in [0.3, 0.4) is 0 Å². The highest BCUT2D eigenvalue weighted by Gasteiger charge is 2.35. The van der Waals surface area contributed by atoms with Gasteiger partial charge in [-0.15, -0.1) is 0 Å². The average molecular weight is 476 g/mol. The molecule has 2 aromatic carbocycles. The summed E-state index contributed by atoms with van der Waals surface area (Å²) in [5, 5.41) is 27.5. The first-order valence-corrected chi connectivity index (χ1v) is 11.8. The number of aromatic hydroxyl groups is 1. The van der Waals surface area contributed by atoms with Crippen molar-refractivity contribution < 1.29 is 19.3 Å². The Labute approximate surface area is 201 Å². The second-order valence-corrected chi connectivity index (χ2v) is 9.06. The number of hydrogen-bond acceptors (Lipinski definition) is 6. The molecule has 4 aromatic rings. The van der Waals surface area contributed by atoms with Gasteiger partial charge in [-0.1, -0.05) is 25.1 Å². The predicted octanol–water partition coefficient (Wildman–Crippen LogP) is 3.49. The predicted molar refractivity (Wildman–Crippen MR) is 130 cm³/mol. The second kappa shape index (κ2) is 8.60. The number of aromatic amines is 2. The Morgan fingerprint density at radius 3 is 2.77 bits per heavy atom. The van der Waals surface area contributed by atoms with E-state index in [4.69, 9.17) is 9.72 Å². The molecule has 2 aliphatic heterocycles. The molecular formula is C26H26FN5O3. The molecule has 1 atom stereocenters. The van der Waals surface area contributed by atoms with Crippen LogP contribution in [0.4, 0.5) is 4.39 Å². The van der Waals surface area contributed by atoms with Crippen LogP contribution in [-0.4, -0.2) is 73.7 Å². The third-order valence-corrected chi connectivity index (χ3v) is 7.02. The number of phenols is 1. The monoisotopic (exact) mass is 475 g/mol. The number of aromatic nitrogens is 4. The number of benzene rings is 2. The number of aliphatic hydroxyl groups is 1. The smallest absolute Gasteiger partial charge is 0.159 e. The fourth-order valence-electron chi connectivity index (χ4n) is 5.02. The van der Waals surface area contributed by atoms with Gasteiger partial charge in [-0.05, 0) is 41.3 Å². The lowest BCUT2D eigenvalue weighted by molar-refractivity contribution is -0.0707. The molecule has 9 heteroatoms. The van der Waals surface area contributed by atoms with E-state index in [-0.39, 0.29) is 18.4 Å². The van der Waals surface area contributed by atoms with E-state index >= 15 is 4.39 Å². The molecule has 6 rings (SSSR count). The minimum Gasteiger partial charge on any atom is -0.508 e. The summed E-state index contributed by atoms with van der Waals surface area (Å²) in [6.07, 6.45) is 4.55. The number of H-pyrrole nitrogens is 2. The summed E-state index contributed by atoms with van der Waals surface area (Å²) in [6.45, 7) is 4.07. The lowest BCUT2D eigenvalue weighted by atomic mass is 9.96. The molecule has 0 spiro atoms. The van der Waals surface area contributed by atoms with Crippen LogP contribution >= 0.6 is 0 Å². The van der Waals surface area contributed by atoms with E-state index in [0.717, 1.165) is 22.4 Å². The largest absolute Gasteiger partial charge is 0.508 e. The summed E-state index contributed by atoms with van der Waals surface area (Å²) in [5.74, 6) is 0.316. The van der Waals surface area contributed by atoms with Gasteiger partial charge >= 0.3 is 0 Å². The SMILES string of the molecule is CCc1cc(O)ccc1-c1ccc2c(-c3nc(C4=C[C@H](CO)N(C5COC5)C4)c[nH]3)n[nH]c2c1F. The Hall–Kier alpha value is -3.53. The molecule has 2 aliphatic rings. The van der Waals surface area contributed by atoms with Gasteiger partial charge in [0.05, 0.1) is 37.6 Å². The maximum Gasteiger partial charge on any atom is 0.159 e. The number of phenolic OH excluding ortho intramolecular Hbond substituents is 1. The zero-order valence-electron chi connectivity index (χ0n) is 19.3. The van der Waals surface area contributed by atoms with E-state index in [2.05, 4.69) is 26.2 Å². The molecule has 0 radical (unpaired) electrons. The molecule has 4 heterocycles. The summed E-state index contributed by atoms with van der Waals surface area (Å²) >= 11 is 0. The highest BCUT2D eigenvalue weighted by atomic mass is 19.1. The Kier molecular flexibility index (Phi) is 5.40. The number of fused-ring (bicyclic) bond motifs is 1. The van der Waals surface area contributed by atoms with Gasteiger partial charge in [-0.2, -0.15) is 5.10 Å². The van der Waals surface area contributed by atoms with Crippen molar-refractivity contribution in [2.75, 3.05) is 26.4 Å². The van der Waals surface area contributed by atoms with Crippen LogP contribution in [0.15, 0.2) is 42.6 Å². The first-order valence-electron chi connectivity index (χ1n) is 11.8. The Bertz CT molecular complexity index is 1440. The molecule has 35 heavy (non-hydrogen) atoms. The number of aliphatic hydroxyl groups excluding tert-OH is 1. The minimum atomic E-state index is -0.393. The summed E-state index contributed by atoms with van der Waals surface area (Å²) in [7, 11) is 0. The van der Waals surface area contributed by atoms with Crippen molar-refractivity contribution in [1.29, 1.82) is 0 Å². The van der Waals surface area contributed by atoms with Crippen LogP contribution in [-0.2, 0) is 11.2 Å². The maximum atomic E-state index is 15.6. The van der Waals surface area contributed by atoms with Gasteiger partial charge < -0.3 is 19.9 Å². The fraction of sp³-hybridized carbons (Fsp3) is 0.308. The molecule has 0 unspecified atom stereocenters. The molecule has 8 nitrogen and oxygen atoms in total. The molecule has 4 N–H and O–H groups in total. The Balaban J connectivity index is 1.33. The molecular weight excluding hydrogens is 449 g/mol. The molecule has 1 fully saturated rings. The minimum absolute atomic E-state index is 0.0453. The van der Waals surface area contributed by atoms with Crippen molar-refractivity contribution in [1.82, 2.24) is 25.1 Å². The molecule has 2 aromatic heterocycles. The van der Waals surface area contributed by atoms with Crippen LogP contribution in [0.2, 0.25) is 0 Å². The van der Waals surface area contributed by atoms with E-state index in [9.17, 15) is 10.2 Å². The average Bonchev–Trinajstić information content (AvgIpc) is 3.56. The molecule has 180 valence electrons. The van der Waals surface area contributed by atoms with E-state index in [0.29, 0.717) is 60.2 Å². The van der Waals surface area contributed by atoms with Crippen LogP contribution in [0.1, 0.15) is 18.2 Å². The highest BCUT2D eigenvalue weighted by Crippen LogP contribution is 2.35. The molecule has 0 aliphatic carbocycles. The van der Waals surface area contributed by atoms with Crippen LogP contribution in [0.25, 0.3) is 39.1 Å². The maximum absolute atomic E-state index is 15.6. The van der Waals surface area contributed by atoms with E-state index in [1.54, 1.807) is 24.3 Å². The van der Waals surface area contributed by atoms with E-state index in [1.807, 2.05) is 19.2 Å². The number of imidazole rings is 1. The first kappa shape index (κ1) is 22.0. The summed E-state index contributed by atoms with van der Waals surface area (Å²) < 4.78 is 20.9. The van der Waals surface area contributed by atoms with Crippen LogP contribution < -0.4 is 0 Å². The van der Waals surface area contributed by atoms with Gasteiger partial charge in [0.25, 0.3) is 0 Å². The number of nitrogens with zero attached hydrogens (tertiary/aromatic N) is 3.